The summed E-state index contributed by atoms with van der Waals surface area (Å²) in [6.07, 6.45) is 1.13. The number of rotatable bonds is 5. The van der Waals surface area contributed by atoms with Crippen LogP contribution in [0.2, 0.25) is 0 Å². The van der Waals surface area contributed by atoms with Gasteiger partial charge >= 0.3 is 0 Å². The molecular weight excluding hydrogens is 292 g/mol. The van der Waals surface area contributed by atoms with Crippen molar-refractivity contribution in [2.75, 3.05) is 12.4 Å². The minimum Gasteiger partial charge on any atom is -0.444 e. The van der Waals surface area contributed by atoms with Gasteiger partial charge in [0.15, 0.2) is 21.5 Å². The van der Waals surface area contributed by atoms with Gasteiger partial charge in [-0.2, -0.15) is 0 Å². The van der Waals surface area contributed by atoms with Crippen LogP contribution in [0, 0.1) is 11.6 Å². The van der Waals surface area contributed by atoms with E-state index in [4.69, 9.17) is 9.52 Å². The van der Waals surface area contributed by atoms with Crippen LogP contribution in [-0.4, -0.2) is 30.9 Å². The van der Waals surface area contributed by atoms with Gasteiger partial charge in [-0.15, -0.1) is 0 Å². The average molecular weight is 303 g/mol. The van der Waals surface area contributed by atoms with E-state index < -0.39 is 28.1 Å². The molecule has 0 aliphatic heterocycles. The van der Waals surface area contributed by atoms with Gasteiger partial charge in [-0.05, 0) is 18.2 Å². The molecule has 0 saturated carbocycles. The molecule has 2 aromatic rings. The van der Waals surface area contributed by atoms with Crippen LogP contribution < -0.4 is 0 Å². The van der Waals surface area contributed by atoms with Gasteiger partial charge in [-0.3, -0.25) is 0 Å². The molecule has 0 spiro atoms. The van der Waals surface area contributed by atoms with E-state index in [0.717, 1.165) is 18.4 Å². The fraction of sp³-hybridized carbons (Fsp3) is 0.250. The van der Waals surface area contributed by atoms with Gasteiger partial charge in [-0.25, -0.2) is 22.2 Å². The molecule has 108 valence electrons. The maximum atomic E-state index is 13.1. The Labute approximate surface area is 113 Å². The van der Waals surface area contributed by atoms with Crippen LogP contribution in [0.3, 0.4) is 0 Å². The first-order chi connectivity index (χ1) is 9.41. The second kappa shape index (κ2) is 5.68. The Hall–Kier alpha value is -1.80. The van der Waals surface area contributed by atoms with Crippen LogP contribution in [0.1, 0.15) is 5.69 Å². The Bertz CT molecular complexity index is 712. The van der Waals surface area contributed by atoms with Crippen molar-refractivity contribution < 1.29 is 26.7 Å². The molecule has 0 amide bonds. The summed E-state index contributed by atoms with van der Waals surface area (Å²) >= 11 is 0. The molecule has 8 heteroatoms. The first kappa shape index (κ1) is 14.6. The van der Waals surface area contributed by atoms with Crippen molar-refractivity contribution in [3.8, 4) is 11.5 Å². The Kier molecular flexibility index (Phi) is 4.15. The fourth-order valence-electron chi connectivity index (χ4n) is 1.57. The molecule has 0 aliphatic carbocycles. The highest BCUT2D eigenvalue weighted by Gasteiger charge is 2.16. The quantitative estimate of drug-likeness (QED) is 0.906. The zero-order valence-electron chi connectivity index (χ0n) is 10.2. The smallest absolute Gasteiger partial charge is 0.226 e. The lowest BCUT2D eigenvalue weighted by Gasteiger charge is -1.98. The molecule has 0 radical (unpaired) electrons. The predicted octanol–water partition coefficient (Wildman–Crippen LogP) is 1.53. The van der Waals surface area contributed by atoms with Crippen LogP contribution in [-0.2, 0) is 15.6 Å². The molecule has 0 aliphatic rings. The molecule has 2 rings (SSSR count). The Morgan fingerprint density at radius 2 is 2.00 bits per heavy atom. The van der Waals surface area contributed by atoms with Crippen molar-refractivity contribution in [3.05, 3.63) is 41.8 Å². The van der Waals surface area contributed by atoms with Gasteiger partial charge in [0.1, 0.15) is 6.26 Å². The van der Waals surface area contributed by atoms with E-state index in [1.54, 1.807) is 0 Å². The Morgan fingerprint density at radius 3 is 2.65 bits per heavy atom. The molecule has 0 bridgehead atoms. The highest BCUT2D eigenvalue weighted by atomic mass is 32.2. The Morgan fingerprint density at radius 1 is 1.25 bits per heavy atom. The second-order valence-electron chi connectivity index (χ2n) is 4.09. The van der Waals surface area contributed by atoms with E-state index in [9.17, 15) is 17.2 Å². The van der Waals surface area contributed by atoms with E-state index in [2.05, 4.69) is 4.98 Å². The van der Waals surface area contributed by atoms with E-state index in [1.165, 1.54) is 6.07 Å². The fourth-order valence-corrected chi connectivity index (χ4v) is 2.58. The zero-order chi connectivity index (χ0) is 14.8. The molecule has 0 fully saturated rings. The lowest BCUT2D eigenvalue weighted by atomic mass is 10.2. The third-order valence-electron chi connectivity index (χ3n) is 2.49. The van der Waals surface area contributed by atoms with E-state index in [0.29, 0.717) is 0 Å². The summed E-state index contributed by atoms with van der Waals surface area (Å²) < 4.78 is 53.9. The lowest BCUT2D eigenvalue weighted by Crippen LogP contribution is -2.12. The number of halogens is 2. The van der Waals surface area contributed by atoms with Crippen LogP contribution in [0.25, 0.3) is 11.5 Å². The second-order valence-corrected chi connectivity index (χ2v) is 6.27. The number of hydrogen-bond acceptors (Lipinski definition) is 5. The minimum atomic E-state index is -3.48. The van der Waals surface area contributed by atoms with E-state index in [-0.39, 0.29) is 28.7 Å². The average Bonchev–Trinajstić information content (AvgIpc) is 2.80. The largest absolute Gasteiger partial charge is 0.444 e. The predicted molar refractivity (Wildman–Crippen MR) is 66.4 cm³/mol. The summed E-state index contributed by atoms with van der Waals surface area (Å²) in [7, 11) is -3.48. The zero-order valence-corrected chi connectivity index (χ0v) is 11.0. The van der Waals surface area contributed by atoms with Crippen LogP contribution in [0.15, 0.2) is 28.9 Å². The van der Waals surface area contributed by atoms with Crippen molar-refractivity contribution in [2.45, 2.75) is 5.75 Å². The van der Waals surface area contributed by atoms with Crippen molar-refractivity contribution in [1.29, 1.82) is 0 Å². The maximum Gasteiger partial charge on any atom is 0.226 e. The van der Waals surface area contributed by atoms with Crippen LogP contribution in [0.5, 0.6) is 0 Å². The van der Waals surface area contributed by atoms with Crippen LogP contribution in [0.4, 0.5) is 8.78 Å². The lowest BCUT2D eigenvalue weighted by molar-refractivity contribution is 0.319. The number of sulfone groups is 1. The van der Waals surface area contributed by atoms with Gasteiger partial charge in [0.2, 0.25) is 5.89 Å². The number of aromatic nitrogens is 1. The van der Waals surface area contributed by atoms with Gasteiger partial charge in [0.25, 0.3) is 0 Å². The van der Waals surface area contributed by atoms with Crippen molar-refractivity contribution in [3.63, 3.8) is 0 Å². The molecule has 1 aromatic carbocycles. The summed E-state index contributed by atoms with van der Waals surface area (Å²) in [4.78, 5) is 3.90. The maximum absolute atomic E-state index is 13.1. The van der Waals surface area contributed by atoms with Crippen molar-refractivity contribution in [2.24, 2.45) is 0 Å². The van der Waals surface area contributed by atoms with Gasteiger partial charge < -0.3 is 9.52 Å². The third kappa shape index (κ3) is 3.40. The number of hydrogen-bond donors (Lipinski definition) is 1. The summed E-state index contributed by atoms with van der Waals surface area (Å²) in [6, 6.07) is 3.11. The SMILES string of the molecule is O=S(=O)(CCO)Cc1coc(-c2ccc(F)c(F)c2)n1. The first-order valence-corrected chi connectivity index (χ1v) is 7.44. The molecular formula is C12H11F2NO4S. The molecule has 0 unspecified atom stereocenters. The number of oxazole rings is 1. The van der Waals surface area contributed by atoms with E-state index >= 15 is 0 Å². The molecule has 1 heterocycles. The van der Waals surface area contributed by atoms with Crippen molar-refractivity contribution >= 4 is 9.84 Å². The number of nitrogens with zero attached hydrogens (tertiary/aromatic N) is 1. The summed E-state index contributed by atoms with van der Waals surface area (Å²) in [5.41, 5.74) is 0.341. The summed E-state index contributed by atoms with van der Waals surface area (Å²) in [5, 5.41) is 8.62. The molecule has 1 aromatic heterocycles. The number of aliphatic hydroxyl groups excluding tert-OH is 1. The molecule has 1 N–H and O–H groups in total. The van der Waals surface area contributed by atoms with Gasteiger partial charge in [0.05, 0.1) is 23.8 Å². The van der Waals surface area contributed by atoms with E-state index in [1.807, 2.05) is 0 Å². The monoisotopic (exact) mass is 303 g/mol. The molecule has 5 nitrogen and oxygen atoms in total. The third-order valence-corrected chi connectivity index (χ3v) is 4.03. The highest BCUT2D eigenvalue weighted by Crippen LogP contribution is 2.21. The minimum absolute atomic E-state index is 0.00176. The van der Waals surface area contributed by atoms with Gasteiger partial charge in [0, 0.05) is 5.56 Å². The highest BCUT2D eigenvalue weighted by molar-refractivity contribution is 7.90. The van der Waals surface area contributed by atoms with Crippen LogP contribution >= 0.6 is 0 Å². The molecule has 0 atom stereocenters. The number of benzene rings is 1. The normalized spacial score (nSPS) is 11.8. The Balaban J connectivity index is 2.22. The molecule has 20 heavy (non-hydrogen) atoms. The first-order valence-electron chi connectivity index (χ1n) is 5.62. The summed E-state index contributed by atoms with van der Waals surface area (Å²) in [6.45, 7) is -0.476. The number of aliphatic hydroxyl groups is 1. The molecule has 0 saturated heterocycles. The standard InChI is InChI=1S/C12H11F2NO4S/c13-10-2-1-8(5-11(10)14)12-15-9(6-19-12)7-20(17,18)4-3-16/h1-2,5-6,16H,3-4,7H2. The van der Waals surface area contributed by atoms with Crippen molar-refractivity contribution in [1.82, 2.24) is 4.98 Å². The summed E-state index contributed by atoms with van der Waals surface area (Å²) in [5.74, 6) is -2.81. The topological polar surface area (TPSA) is 80.4 Å². The van der Waals surface area contributed by atoms with Gasteiger partial charge in [-0.1, -0.05) is 0 Å².